The summed E-state index contributed by atoms with van der Waals surface area (Å²) in [7, 11) is 0. The molecular formula is C20H20F3N3O2. The highest BCUT2D eigenvalue weighted by Crippen LogP contribution is 2.16. The predicted octanol–water partition coefficient (Wildman–Crippen LogP) is 2.29. The number of carbonyl (C=O) groups excluding carboxylic acids is 2. The first-order valence-corrected chi connectivity index (χ1v) is 8.95. The Bertz CT molecular complexity index is 830. The lowest BCUT2D eigenvalue weighted by Gasteiger charge is -2.34. The number of hydrogen-bond donors (Lipinski definition) is 1. The summed E-state index contributed by atoms with van der Waals surface area (Å²) in [5.74, 6) is -3.07. The molecule has 0 aromatic heterocycles. The quantitative estimate of drug-likeness (QED) is 0.851. The fourth-order valence-electron chi connectivity index (χ4n) is 3.07. The number of benzene rings is 2. The lowest BCUT2D eigenvalue weighted by Crippen LogP contribution is -2.50. The van der Waals surface area contributed by atoms with Crippen LogP contribution in [0.5, 0.6) is 0 Å². The third-order valence-corrected chi connectivity index (χ3v) is 4.66. The fourth-order valence-corrected chi connectivity index (χ4v) is 3.07. The second kappa shape index (κ2) is 8.88. The second-order valence-corrected chi connectivity index (χ2v) is 6.49. The molecule has 5 nitrogen and oxygen atoms in total. The van der Waals surface area contributed by atoms with Gasteiger partial charge in [0.05, 0.1) is 0 Å². The fraction of sp³-hybridized carbons (Fsp3) is 0.300. The molecule has 0 radical (unpaired) electrons. The molecule has 2 aromatic rings. The van der Waals surface area contributed by atoms with Crippen molar-refractivity contribution in [2.45, 2.75) is 0 Å². The van der Waals surface area contributed by atoms with E-state index in [4.69, 9.17) is 0 Å². The third kappa shape index (κ3) is 4.69. The van der Waals surface area contributed by atoms with Crippen molar-refractivity contribution < 1.29 is 22.8 Å². The predicted molar refractivity (Wildman–Crippen MR) is 97.4 cm³/mol. The molecule has 1 saturated heterocycles. The van der Waals surface area contributed by atoms with Gasteiger partial charge in [-0.2, -0.15) is 0 Å². The highest BCUT2D eigenvalue weighted by molar-refractivity contribution is 5.95. The summed E-state index contributed by atoms with van der Waals surface area (Å²) in [6.07, 6.45) is 0. The molecule has 1 fully saturated rings. The van der Waals surface area contributed by atoms with Crippen LogP contribution in [0.1, 0.15) is 20.7 Å². The molecule has 8 heteroatoms. The van der Waals surface area contributed by atoms with Gasteiger partial charge in [-0.05, 0) is 36.4 Å². The summed E-state index contributed by atoms with van der Waals surface area (Å²) < 4.78 is 40.4. The van der Waals surface area contributed by atoms with Crippen molar-refractivity contribution in [3.63, 3.8) is 0 Å². The van der Waals surface area contributed by atoms with Gasteiger partial charge in [-0.1, -0.05) is 6.07 Å². The van der Waals surface area contributed by atoms with Crippen molar-refractivity contribution in [2.75, 3.05) is 39.3 Å². The lowest BCUT2D eigenvalue weighted by atomic mass is 10.1. The van der Waals surface area contributed by atoms with Gasteiger partial charge in [0.1, 0.15) is 23.0 Å². The number of rotatable bonds is 5. The van der Waals surface area contributed by atoms with E-state index in [1.807, 2.05) is 4.90 Å². The maximum Gasteiger partial charge on any atom is 0.259 e. The Labute approximate surface area is 160 Å². The number of carbonyl (C=O) groups is 2. The van der Waals surface area contributed by atoms with Crippen molar-refractivity contribution in [3.05, 3.63) is 71.0 Å². The highest BCUT2D eigenvalue weighted by atomic mass is 19.1. The van der Waals surface area contributed by atoms with Crippen LogP contribution < -0.4 is 5.32 Å². The molecule has 1 heterocycles. The first kappa shape index (κ1) is 19.9. The van der Waals surface area contributed by atoms with Gasteiger partial charge in [0, 0.05) is 44.8 Å². The maximum atomic E-state index is 13.8. The Balaban J connectivity index is 1.45. The first-order valence-electron chi connectivity index (χ1n) is 8.95. The van der Waals surface area contributed by atoms with E-state index < -0.39 is 28.9 Å². The second-order valence-electron chi connectivity index (χ2n) is 6.49. The molecule has 0 aliphatic carbocycles. The van der Waals surface area contributed by atoms with Crippen LogP contribution in [0.15, 0.2) is 42.5 Å². The van der Waals surface area contributed by atoms with Crippen LogP contribution in [-0.4, -0.2) is 60.9 Å². The minimum absolute atomic E-state index is 0.288. The van der Waals surface area contributed by atoms with Gasteiger partial charge in [0.2, 0.25) is 0 Å². The van der Waals surface area contributed by atoms with Crippen LogP contribution in [0.4, 0.5) is 13.2 Å². The molecule has 0 unspecified atom stereocenters. The number of nitrogens with one attached hydrogen (secondary N) is 1. The summed E-state index contributed by atoms with van der Waals surface area (Å²) >= 11 is 0. The van der Waals surface area contributed by atoms with Crippen molar-refractivity contribution >= 4 is 11.8 Å². The highest BCUT2D eigenvalue weighted by Gasteiger charge is 2.26. The summed E-state index contributed by atoms with van der Waals surface area (Å²) in [5.41, 5.74) is -0.147. The molecule has 0 spiro atoms. The molecule has 2 amide bonds. The van der Waals surface area contributed by atoms with Gasteiger partial charge in [-0.3, -0.25) is 14.5 Å². The third-order valence-electron chi connectivity index (χ3n) is 4.66. The normalized spacial score (nSPS) is 14.8. The zero-order valence-corrected chi connectivity index (χ0v) is 15.1. The van der Waals surface area contributed by atoms with Crippen LogP contribution in [-0.2, 0) is 0 Å². The molecule has 1 N–H and O–H groups in total. The number of hydrogen-bond acceptors (Lipinski definition) is 3. The Kier molecular flexibility index (Phi) is 6.30. The standard InChI is InChI=1S/C20H20F3N3O2/c21-15-6-4-14(5-7-15)19(27)24-8-9-25-10-12-26(13-11-25)20(28)18-16(22)2-1-3-17(18)23/h1-7H,8-13H2,(H,24,27). The first-order chi connectivity index (χ1) is 13.5. The Hall–Kier alpha value is -2.87. The zero-order valence-electron chi connectivity index (χ0n) is 15.1. The van der Waals surface area contributed by atoms with Gasteiger partial charge in [0.25, 0.3) is 11.8 Å². The van der Waals surface area contributed by atoms with Crippen LogP contribution >= 0.6 is 0 Å². The lowest BCUT2D eigenvalue weighted by molar-refractivity contribution is 0.0628. The SMILES string of the molecule is O=C(NCCN1CCN(C(=O)c2c(F)cccc2F)CC1)c1ccc(F)cc1. The molecule has 2 aromatic carbocycles. The molecule has 28 heavy (non-hydrogen) atoms. The maximum absolute atomic E-state index is 13.8. The average molecular weight is 391 g/mol. The molecule has 3 rings (SSSR count). The van der Waals surface area contributed by atoms with Crippen LogP contribution in [0, 0.1) is 17.5 Å². The molecule has 1 aliphatic heterocycles. The van der Waals surface area contributed by atoms with Crippen LogP contribution in [0.2, 0.25) is 0 Å². The number of halogens is 3. The van der Waals surface area contributed by atoms with E-state index in [2.05, 4.69) is 5.32 Å². The number of piperazine rings is 1. The van der Waals surface area contributed by atoms with Crippen LogP contribution in [0.3, 0.4) is 0 Å². The van der Waals surface area contributed by atoms with E-state index in [1.54, 1.807) is 0 Å². The summed E-state index contributed by atoms with van der Waals surface area (Å²) in [4.78, 5) is 27.8. The summed E-state index contributed by atoms with van der Waals surface area (Å²) in [5, 5.41) is 2.76. The Morgan fingerprint density at radius 2 is 1.50 bits per heavy atom. The molecule has 0 bridgehead atoms. The molecule has 148 valence electrons. The van der Waals surface area contributed by atoms with E-state index in [1.165, 1.54) is 35.2 Å². The van der Waals surface area contributed by atoms with Gasteiger partial charge < -0.3 is 10.2 Å². The molecule has 0 atom stereocenters. The van der Waals surface area contributed by atoms with Gasteiger partial charge in [0.15, 0.2) is 0 Å². The van der Waals surface area contributed by atoms with E-state index in [9.17, 15) is 22.8 Å². The van der Waals surface area contributed by atoms with E-state index >= 15 is 0 Å². The van der Waals surface area contributed by atoms with Crippen molar-refractivity contribution in [2.24, 2.45) is 0 Å². The van der Waals surface area contributed by atoms with Gasteiger partial charge >= 0.3 is 0 Å². The van der Waals surface area contributed by atoms with E-state index in [0.29, 0.717) is 44.8 Å². The molecular weight excluding hydrogens is 371 g/mol. The zero-order chi connectivity index (χ0) is 20.1. The van der Waals surface area contributed by atoms with Gasteiger partial charge in [-0.15, -0.1) is 0 Å². The largest absolute Gasteiger partial charge is 0.351 e. The molecule has 0 saturated carbocycles. The monoisotopic (exact) mass is 391 g/mol. The van der Waals surface area contributed by atoms with Crippen molar-refractivity contribution in [1.29, 1.82) is 0 Å². The Morgan fingerprint density at radius 1 is 0.893 bits per heavy atom. The van der Waals surface area contributed by atoms with Crippen molar-refractivity contribution in [3.8, 4) is 0 Å². The number of nitrogens with zero attached hydrogens (tertiary/aromatic N) is 2. The van der Waals surface area contributed by atoms with E-state index in [-0.39, 0.29) is 5.91 Å². The summed E-state index contributed by atoms with van der Waals surface area (Å²) in [6, 6.07) is 8.63. The topological polar surface area (TPSA) is 52.7 Å². The summed E-state index contributed by atoms with van der Waals surface area (Å²) in [6.45, 7) is 2.73. The minimum Gasteiger partial charge on any atom is -0.351 e. The van der Waals surface area contributed by atoms with E-state index in [0.717, 1.165) is 12.1 Å². The van der Waals surface area contributed by atoms with Gasteiger partial charge in [-0.25, -0.2) is 13.2 Å². The Morgan fingerprint density at radius 3 is 2.11 bits per heavy atom. The molecule has 1 aliphatic rings. The van der Waals surface area contributed by atoms with Crippen molar-refractivity contribution in [1.82, 2.24) is 15.1 Å². The smallest absolute Gasteiger partial charge is 0.259 e. The minimum atomic E-state index is -0.865. The average Bonchev–Trinajstić information content (AvgIpc) is 2.68. The number of amides is 2. The van der Waals surface area contributed by atoms with Crippen LogP contribution in [0.25, 0.3) is 0 Å².